The fourth-order valence-corrected chi connectivity index (χ4v) is 4.13. The maximum Gasteiger partial charge on any atom is 0.494 e. The number of rotatable bonds is 5. The molecular weight excluding hydrogens is 348 g/mol. The molecule has 1 unspecified atom stereocenters. The zero-order valence-corrected chi connectivity index (χ0v) is 17.5. The van der Waals surface area contributed by atoms with Gasteiger partial charge in [-0.25, -0.2) is 4.39 Å². The summed E-state index contributed by atoms with van der Waals surface area (Å²) >= 11 is 0. The Kier molecular flexibility index (Phi) is 6.18. The molecule has 5 nitrogen and oxygen atoms in total. The van der Waals surface area contributed by atoms with E-state index in [-0.39, 0.29) is 18.2 Å². The van der Waals surface area contributed by atoms with Gasteiger partial charge in [-0.15, -0.1) is 0 Å². The van der Waals surface area contributed by atoms with Crippen LogP contribution in [0.3, 0.4) is 0 Å². The van der Waals surface area contributed by atoms with Crippen LogP contribution in [0.4, 0.5) is 4.39 Å². The van der Waals surface area contributed by atoms with Crippen LogP contribution >= 0.6 is 0 Å². The molecule has 2 fully saturated rings. The van der Waals surface area contributed by atoms with Gasteiger partial charge in [0.2, 0.25) is 0 Å². The number of piperidine rings is 1. The summed E-state index contributed by atoms with van der Waals surface area (Å²) in [5.41, 5.74) is -0.0437. The van der Waals surface area contributed by atoms with Crippen LogP contribution in [0.5, 0.6) is 0 Å². The molecule has 0 bridgehead atoms. The van der Waals surface area contributed by atoms with Crippen molar-refractivity contribution in [2.75, 3.05) is 27.3 Å². The van der Waals surface area contributed by atoms with E-state index in [2.05, 4.69) is 11.0 Å². The quantitative estimate of drug-likeness (QED) is 0.539. The summed E-state index contributed by atoms with van der Waals surface area (Å²) in [6.07, 6.45) is 6.04. The number of nitrogens with zero attached hydrogens (tertiary/aromatic N) is 1. The maximum absolute atomic E-state index is 14.9. The minimum Gasteiger partial charge on any atom is -0.399 e. The van der Waals surface area contributed by atoms with Crippen LogP contribution in [0.25, 0.3) is 0 Å². The minimum atomic E-state index is -0.503. The molecule has 0 aromatic carbocycles. The van der Waals surface area contributed by atoms with E-state index in [4.69, 9.17) is 18.8 Å². The van der Waals surface area contributed by atoms with Crippen LogP contribution in [0.15, 0.2) is 23.5 Å². The molecule has 152 valence electrons. The van der Waals surface area contributed by atoms with Gasteiger partial charge in [0.05, 0.1) is 17.2 Å². The summed E-state index contributed by atoms with van der Waals surface area (Å²) in [4.78, 5) is 2.22. The standard InChI is InChI=1S/C20H33BFNO4/c1-19(2)20(3,4)27-21(26-19)15-7-8-17(16(22)13-15)23-11-9-14(10-12-23)18(24-5)25-6/h7,13-14,17-18H,8-12H2,1-6H3. The van der Waals surface area contributed by atoms with Crippen molar-refractivity contribution in [1.29, 1.82) is 0 Å². The first-order chi connectivity index (χ1) is 12.7. The average molecular weight is 381 g/mol. The Morgan fingerprint density at radius 2 is 1.67 bits per heavy atom. The van der Waals surface area contributed by atoms with Crippen LogP contribution < -0.4 is 0 Å². The molecule has 3 aliphatic rings. The predicted molar refractivity (Wildman–Crippen MR) is 104 cm³/mol. The van der Waals surface area contributed by atoms with Crippen molar-refractivity contribution >= 4 is 7.12 Å². The Balaban J connectivity index is 1.59. The SMILES string of the molecule is COC(OC)C1CCN(C2CC=C(B3OC(C)(C)C(C)(C)O3)C=C2F)CC1. The van der Waals surface area contributed by atoms with Gasteiger partial charge in [0.1, 0.15) is 5.83 Å². The number of hydrogen-bond donors (Lipinski definition) is 0. The van der Waals surface area contributed by atoms with Crippen molar-refractivity contribution in [3.8, 4) is 0 Å². The molecule has 0 aromatic heterocycles. The second-order valence-corrected chi connectivity index (χ2v) is 8.79. The highest BCUT2D eigenvalue weighted by Crippen LogP contribution is 2.40. The summed E-state index contributed by atoms with van der Waals surface area (Å²) < 4.78 is 37.8. The molecule has 0 amide bonds. The van der Waals surface area contributed by atoms with Gasteiger partial charge < -0.3 is 18.8 Å². The van der Waals surface area contributed by atoms with Gasteiger partial charge in [0, 0.05) is 20.1 Å². The van der Waals surface area contributed by atoms with Crippen molar-refractivity contribution in [3.05, 3.63) is 23.5 Å². The summed E-state index contributed by atoms with van der Waals surface area (Å²) in [6.45, 7) is 9.74. The molecule has 1 atom stereocenters. The van der Waals surface area contributed by atoms with E-state index in [1.807, 2.05) is 27.7 Å². The lowest BCUT2D eigenvalue weighted by atomic mass is 9.74. The molecule has 0 spiro atoms. The topological polar surface area (TPSA) is 40.2 Å². The largest absolute Gasteiger partial charge is 0.494 e. The molecule has 7 heteroatoms. The molecule has 2 saturated heterocycles. The van der Waals surface area contributed by atoms with Crippen LogP contribution in [0.2, 0.25) is 0 Å². The highest BCUT2D eigenvalue weighted by atomic mass is 19.1. The Morgan fingerprint density at radius 3 is 2.15 bits per heavy atom. The van der Waals surface area contributed by atoms with Gasteiger partial charge >= 0.3 is 7.12 Å². The molecule has 2 aliphatic heterocycles. The fourth-order valence-electron chi connectivity index (χ4n) is 4.13. The van der Waals surface area contributed by atoms with Crippen molar-refractivity contribution in [2.24, 2.45) is 5.92 Å². The lowest BCUT2D eigenvalue weighted by molar-refractivity contribution is -0.147. The molecule has 0 N–H and O–H groups in total. The first kappa shape index (κ1) is 21.0. The number of likely N-dealkylation sites (tertiary alicyclic amines) is 1. The van der Waals surface area contributed by atoms with Crippen molar-refractivity contribution < 1.29 is 23.2 Å². The number of allylic oxidation sites excluding steroid dienone is 2. The first-order valence-electron chi connectivity index (χ1n) is 9.91. The van der Waals surface area contributed by atoms with Gasteiger partial charge in [-0.2, -0.15) is 0 Å². The molecular formula is C20H33BFNO4. The Labute approximate surface area is 163 Å². The molecule has 0 aromatic rings. The zero-order valence-electron chi connectivity index (χ0n) is 17.5. The average Bonchev–Trinajstić information content (AvgIpc) is 2.84. The lowest BCUT2D eigenvalue weighted by Crippen LogP contribution is -2.45. The summed E-state index contributed by atoms with van der Waals surface area (Å²) in [5, 5.41) is 0. The van der Waals surface area contributed by atoms with Gasteiger partial charge in [0.25, 0.3) is 0 Å². The third-order valence-electron chi connectivity index (χ3n) is 6.59. The molecule has 27 heavy (non-hydrogen) atoms. The zero-order chi connectivity index (χ0) is 19.8. The van der Waals surface area contributed by atoms with E-state index < -0.39 is 18.3 Å². The smallest absolute Gasteiger partial charge is 0.399 e. The van der Waals surface area contributed by atoms with E-state index in [9.17, 15) is 4.39 Å². The van der Waals surface area contributed by atoms with Crippen LogP contribution in [-0.2, 0) is 18.8 Å². The van der Waals surface area contributed by atoms with Crippen molar-refractivity contribution in [3.63, 3.8) is 0 Å². The molecule has 0 saturated carbocycles. The lowest BCUT2D eigenvalue weighted by Gasteiger charge is -2.39. The fraction of sp³-hybridized carbons (Fsp3) is 0.800. The second-order valence-electron chi connectivity index (χ2n) is 8.79. The predicted octanol–water partition coefficient (Wildman–Crippen LogP) is 3.50. The van der Waals surface area contributed by atoms with Crippen molar-refractivity contribution in [2.45, 2.75) is 70.5 Å². The molecule has 0 radical (unpaired) electrons. The highest BCUT2D eigenvalue weighted by Gasteiger charge is 2.52. The number of ether oxygens (including phenoxy) is 2. The van der Waals surface area contributed by atoms with E-state index in [1.54, 1.807) is 20.3 Å². The van der Waals surface area contributed by atoms with Crippen LogP contribution in [0.1, 0.15) is 47.0 Å². The molecule has 3 rings (SSSR count). The third-order valence-corrected chi connectivity index (χ3v) is 6.59. The van der Waals surface area contributed by atoms with Crippen LogP contribution in [-0.4, -0.2) is 62.9 Å². The third kappa shape index (κ3) is 4.17. The normalized spacial score (nSPS) is 29.2. The Morgan fingerprint density at radius 1 is 1.11 bits per heavy atom. The summed E-state index contributed by atoms with van der Waals surface area (Å²) in [7, 11) is 2.84. The molecule has 1 aliphatic carbocycles. The van der Waals surface area contributed by atoms with Crippen LogP contribution in [0, 0.1) is 5.92 Å². The van der Waals surface area contributed by atoms with E-state index in [0.717, 1.165) is 31.4 Å². The van der Waals surface area contributed by atoms with E-state index >= 15 is 0 Å². The Bertz CT molecular complexity index is 579. The van der Waals surface area contributed by atoms with Gasteiger partial charge in [-0.05, 0) is 71.6 Å². The summed E-state index contributed by atoms with van der Waals surface area (Å²) in [6, 6.07) is -0.194. The van der Waals surface area contributed by atoms with Crippen molar-refractivity contribution in [1.82, 2.24) is 4.90 Å². The van der Waals surface area contributed by atoms with Gasteiger partial charge in [-0.1, -0.05) is 6.08 Å². The minimum absolute atomic E-state index is 0.101. The first-order valence-corrected chi connectivity index (χ1v) is 9.91. The van der Waals surface area contributed by atoms with Gasteiger partial charge in [-0.3, -0.25) is 4.90 Å². The summed E-state index contributed by atoms with van der Waals surface area (Å²) in [5.74, 6) is 0.262. The number of halogens is 1. The molecule has 2 heterocycles. The maximum atomic E-state index is 14.9. The monoisotopic (exact) mass is 381 g/mol. The highest BCUT2D eigenvalue weighted by molar-refractivity contribution is 6.55. The number of methoxy groups -OCH3 is 2. The Hall–Kier alpha value is -0.725. The van der Waals surface area contributed by atoms with E-state index in [1.165, 1.54) is 0 Å². The van der Waals surface area contributed by atoms with E-state index in [0.29, 0.717) is 12.3 Å². The number of hydrogen-bond acceptors (Lipinski definition) is 5. The van der Waals surface area contributed by atoms with Gasteiger partial charge in [0.15, 0.2) is 6.29 Å². The second kappa shape index (κ2) is 7.95.